The van der Waals surface area contributed by atoms with Crippen LogP contribution in [0.3, 0.4) is 0 Å². The van der Waals surface area contributed by atoms with Crippen LogP contribution in [0.2, 0.25) is 0 Å². The monoisotopic (exact) mass is 232 g/mol. The number of thiophene rings is 1. The number of aromatic nitrogens is 2. The zero-order valence-electron chi connectivity index (χ0n) is 7.72. The molecule has 0 atom stereocenters. The Morgan fingerprint density at radius 2 is 2.13 bits per heavy atom. The van der Waals surface area contributed by atoms with E-state index in [-0.39, 0.29) is 5.56 Å². The van der Waals surface area contributed by atoms with Gasteiger partial charge in [0.05, 0.1) is 4.88 Å². The maximum Gasteiger partial charge on any atom is 0.433 e. The summed E-state index contributed by atoms with van der Waals surface area (Å²) < 4.78 is 37.3. The van der Waals surface area contributed by atoms with Gasteiger partial charge in [0, 0.05) is 5.56 Å². The number of hydrogen-bond acceptors (Lipinski definition) is 2. The van der Waals surface area contributed by atoms with Gasteiger partial charge in [-0.3, -0.25) is 5.10 Å². The summed E-state index contributed by atoms with van der Waals surface area (Å²) in [6, 6.07) is 3.52. The summed E-state index contributed by atoms with van der Waals surface area (Å²) in [6.45, 7) is 1.42. The summed E-state index contributed by atoms with van der Waals surface area (Å²) in [5.74, 6) is 0. The SMILES string of the molecule is Cc1c(-c2cccs2)n[nH]c1C(F)(F)F. The van der Waals surface area contributed by atoms with Gasteiger partial charge in [-0.05, 0) is 18.4 Å². The van der Waals surface area contributed by atoms with E-state index >= 15 is 0 Å². The van der Waals surface area contributed by atoms with Crippen molar-refractivity contribution in [2.45, 2.75) is 13.1 Å². The molecule has 0 amide bonds. The second kappa shape index (κ2) is 3.37. The molecule has 6 heteroatoms. The molecule has 0 radical (unpaired) electrons. The van der Waals surface area contributed by atoms with Crippen LogP contribution >= 0.6 is 11.3 Å². The second-order valence-corrected chi connectivity index (χ2v) is 3.99. The number of rotatable bonds is 1. The molecule has 0 spiro atoms. The molecule has 2 aromatic rings. The van der Waals surface area contributed by atoms with Gasteiger partial charge in [0.1, 0.15) is 11.4 Å². The molecular weight excluding hydrogens is 225 g/mol. The molecule has 0 bridgehead atoms. The van der Waals surface area contributed by atoms with Crippen molar-refractivity contribution >= 4 is 11.3 Å². The first-order valence-corrected chi connectivity index (χ1v) is 5.04. The first-order valence-electron chi connectivity index (χ1n) is 4.16. The Kier molecular flexibility index (Phi) is 2.30. The Morgan fingerprint density at radius 3 is 2.60 bits per heavy atom. The maximum atomic E-state index is 12.4. The molecule has 0 unspecified atom stereocenters. The minimum atomic E-state index is -4.37. The van der Waals surface area contributed by atoms with Crippen molar-refractivity contribution in [1.29, 1.82) is 0 Å². The van der Waals surface area contributed by atoms with Gasteiger partial charge >= 0.3 is 6.18 Å². The highest BCUT2D eigenvalue weighted by Crippen LogP contribution is 2.35. The molecular formula is C9H7F3N2S. The summed E-state index contributed by atoms with van der Waals surface area (Å²) in [4.78, 5) is 0.735. The van der Waals surface area contributed by atoms with E-state index in [1.807, 2.05) is 5.10 Å². The van der Waals surface area contributed by atoms with Crippen LogP contribution in [-0.4, -0.2) is 10.2 Å². The number of nitrogens with one attached hydrogen (secondary N) is 1. The lowest BCUT2D eigenvalue weighted by atomic mass is 10.2. The lowest BCUT2D eigenvalue weighted by Crippen LogP contribution is -2.07. The fraction of sp³-hybridized carbons (Fsp3) is 0.222. The highest BCUT2D eigenvalue weighted by molar-refractivity contribution is 7.13. The minimum absolute atomic E-state index is 0.143. The van der Waals surface area contributed by atoms with Crippen LogP contribution in [-0.2, 0) is 6.18 Å². The number of aromatic amines is 1. The van der Waals surface area contributed by atoms with Crippen molar-refractivity contribution < 1.29 is 13.2 Å². The van der Waals surface area contributed by atoms with E-state index in [1.54, 1.807) is 17.5 Å². The molecule has 0 aliphatic carbocycles. The molecule has 0 aliphatic rings. The molecule has 2 rings (SSSR count). The van der Waals surface area contributed by atoms with E-state index in [0.29, 0.717) is 5.69 Å². The number of halogens is 3. The molecule has 0 saturated carbocycles. The van der Waals surface area contributed by atoms with E-state index in [4.69, 9.17) is 0 Å². The Balaban J connectivity index is 2.50. The van der Waals surface area contributed by atoms with Gasteiger partial charge in [-0.1, -0.05) is 6.07 Å². The predicted octanol–water partition coefficient (Wildman–Crippen LogP) is 3.47. The van der Waals surface area contributed by atoms with Gasteiger partial charge in [0.25, 0.3) is 0 Å². The Bertz CT molecular complexity index is 456. The molecule has 1 N–H and O–H groups in total. The molecule has 0 saturated heterocycles. The molecule has 0 aliphatic heterocycles. The molecule has 2 aromatic heterocycles. The van der Waals surface area contributed by atoms with Crippen molar-refractivity contribution in [2.24, 2.45) is 0 Å². The van der Waals surface area contributed by atoms with Gasteiger partial charge in [-0.15, -0.1) is 11.3 Å². The standard InChI is InChI=1S/C9H7F3N2S/c1-5-7(6-3-2-4-15-6)13-14-8(5)9(10,11)12/h2-4H,1H3,(H,13,14). The zero-order valence-corrected chi connectivity index (χ0v) is 8.54. The Hall–Kier alpha value is -1.30. The van der Waals surface area contributed by atoms with Crippen LogP contribution in [0.5, 0.6) is 0 Å². The summed E-state index contributed by atoms with van der Waals surface area (Å²) in [5, 5.41) is 7.53. The van der Waals surface area contributed by atoms with Gasteiger partial charge in [0.2, 0.25) is 0 Å². The zero-order chi connectivity index (χ0) is 11.1. The smallest absolute Gasteiger partial charge is 0.273 e. The van der Waals surface area contributed by atoms with Crippen LogP contribution in [0.25, 0.3) is 10.6 Å². The van der Waals surface area contributed by atoms with Gasteiger partial charge in [-0.25, -0.2) is 0 Å². The molecule has 80 valence electrons. The minimum Gasteiger partial charge on any atom is -0.273 e. The van der Waals surface area contributed by atoms with Gasteiger partial charge in [0.15, 0.2) is 0 Å². The molecule has 0 fully saturated rings. The molecule has 0 aromatic carbocycles. The number of alkyl halides is 3. The molecule has 15 heavy (non-hydrogen) atoms. The van der Waals surface area contributed by atoms with E-state index in [0.717, 1.165) is 4.88 Å². The van der Waals surface area contributed by atoms with Gasteiger partial charge < -0.3 is 0 Å². The van der Waals surface area contributed by atoms with Crippen LogP contribution in [0, 0.1) is 6.92 Å². The Morgan fingerprint density at radius 1 is 1.40 bits per heavy atom. The van der Waals surface area contributed by atoms with Crippen molar-refractivity contribution in [3.05, 3.63) is 28.8 Å². The summed E-state index contributed by atoms with van der Waals surface area (Å²) >= 11 is 1.36. The van der Waals surface area contributed by atoms with Gasteiger partial charge in [-0.2, -0.15) is 18.3 Å². The average molecular weight is 232 g/mol. The summed E-state index contributed by atoms with van der Waals surface area (Å²) in [5.41, 5.74) is -0.256. The maximum absolute atomic E-state index is 12.4. The summed E-state index contributed by atoms with van der Waals surface area (Å²) in [6.07, 6.45) is -4.37. The second-order valence-electron chi connectivity index (χ2n) is 3.05. The van der Waals surface area contributed by atoms with Crippen molar-refractivity contribution in [3.63, 3.8) is 0 Å². The van der Waals surface area contributed by atoms with E-state index < -0.39 is 11.9 Å². The first-order chi connectivity index (χ1) is 7.00. The lowest BCUT2D eigenvalue weighted by Gasteiger charge is -2.03. The van der Waals surface area contributed by atoms with E-state index in [1.165, 1.54) is 18.3 Å². The fourth-order valence-corrected chi connectivity index (χ4v) is 2.10. The fourth-order valence-electron chi connectivity index (χ4n) is 1.33. The number of nitrogens with zero attached hydrogens (tertiary/aromatic N) is 1. The lowest BCUT2D eigenvalue weighted by molar-refractivity contribution is -0.141. The van der Waals surface area contributed by atoms with Crippen LogP contribution < -0.4 is 0 Å². The largest absolute Gasteiger partial charge is 0.433 e. The predicted molar refractivity (Wildman–Crippen MR) is 51.6 cm³/mol. The third kappa shape index (κ3) is 1.77. The average Bonchev–Trinajstić information content (AvgIpc) is 2.69. The topological polar surface area (TPSA) is 28.7 Å². The highest BCUT2D eigenvalue weighted by atomic mass is 32.1. The van der Waals surface area contributed by atoms with Crippen molar-refractivity contribution in [1.82, 2.24) is 10.2 Å². The van der Waals surface area contributed by atoms with E-state index in [9.17, 15) is 13.2 Å². The quantitative estimate of drug-likeness (QED) is 0.801. The number of H-pyrrole nitrogens is 1. The third-order valence-corrected chi connectivity index (χ3v) is 2.92. The van der Waals surface area contributed by atoms with Crippen LogP contribution in [0.1, 0.15) is 11.3 Å². The Labute approximate surface area is 87.8 Å². The van der Waals surface area contributed by atoms with Crippen molar-refractivity contribution in [2.75, 3.05) is 0 Å². The normalized spacial score (nSPS) is 12.0. The van der Waals surface area contributed by atoms with E-state index in [2.05, 4.69) is 5.10 Å². The highest BCUT2D eigenvalue weighted by Gasteiger charge is 2.36. The van der Waals surface area contributed by atoms with Crippen LogP contribution in [0.15, 0.2) is 17.5 Å². The van der Waals surface area contributed by atoms with Crippen LogP contribution in [0.4, 0.5) is 13.2 Å². The molecule has 2 nitrogen and oxygen atoms in total. The molecule has 2 heterocycles. The number of hydrogen-bond donors (Lipinski definition) is 1. The third-order valence-electron chi connectivity index (χ3n) is 2.05. The first kappa shape index (κ1) is 10.2. The summed E-state index contributed by atoms with van der Waals surface area (Å²) in [7, 11) is 0. The van der Waals surface area contributed by atoms with Crippen molar-refractivity contribution in [3.8, 4) is 10.6 Å².